The van der Waals surface area contributed by atoms with E-state index in [1.165, 1.54) is 38.5 Å². The Kier molecular flexibility index (Phi) is 4.67. The monoisotopic (exact) mass is 210 g/mol. The molecule has 15 heavy (non-hydrogen) atoms. The van der Waals surface area contributed by atoms with Gasteiger partial charge in [0.05, 0.1) is 0 Å². The Morgan fingerprint density at radius 2 is 1.80 bits per heavy atom. The van der Waals surface area contributed by atoms with E-state index in [1.807, 2.05) is 0 Å². The Hall–Kier alpha value is 0. The minimum atomic E-state index is 0.591. The van der Waals surface area contributed by atoms with E-state index in [9.17, 15) is 0 Å². The van der Waals surface area contributed by atoms with Gasteiger partial charge in [-0.3, -0.25) is 0 Å². The van der Waals surface area contributed by atoms with Crippen molar-refractivity contribution in [2.75, 3.05) is 0 Å². The summed E-state index contributed by atoms with van der Waals surface area (Å²) in [7, 11) is 0. The highest BCUT2D eigenvalue weighted by Gasteiger charge is 2.38. The fraction of sp³-hybridized carbons (Fsp3) is 1.00. The molecule has 0 aromatic rings. The van der Waals surface area contributed by atoms with Crippen molar-refractivity contribution in [3.8, 4) is 0 Å². The van der Waals surface area contributed by atoms with Crippen molar-refractivity contribution in [3.63, 3.8) is 0 Å². The van der Waals surface area contributed by atoms with Gasteiger partial charge in [0.2, 0.25) is 0 Å². The molecule has 1 rings (SSSR count). The molecule has 0 aliphatic heterocycles. The standard InChI is InChI=1S/C15H30/c1-6-8-9-15(4,5)14-10-12(3)13(7-2)11-14/h12-14H,6-11H2,1-5H3. The van der Waals surface area contributed by atoms with Gasteiger partial charge in [-0.1, -0.05) is 53.9 Å². The van der Waals surface area contributed by atoms with Crippen molar-refractivity contribution in [2.24, 2.45) is 23.2 Å². The van der Waals surface area contributed by atoms with Gasteiger partial charge < -0.3 is 0 Å². The fourth-order valence-electron chi connectivity index (χ4n) is 3.38. The molecule has 0 spiro atoms. The number of rotatable bonds is 5. The summed E-state index contributed by atoms with van der Waals surface area (Å²) in [5.41, 5.74) is 0.591. The molecule has 0 radical (unpaired) electrons. The summed E-state index contributed by atoms with van der Waals surface area (Å²) >= 11 is 0. The van der Waals surface area contributed by atoms with Crippen LogP contribution in [0.2, 0.25) is 0 Å². The van der Waals surface area contributed by atoms with Crippen LogP contribution >= 0.6 is 0 Å². The van der Waals surface area contributed by atoms with E-state index in [4.69, 9.17) is 0 Å². The highest BCUT2D eigenvalue weighted by Crippen LogP contribution is 2.48. The van der Waals surface area contributed by atoms with Crippen LogP contribution in [0.15, 0.2) is 0 Å². The molecular weight excluding hydrogens is 180 g/mol. The molecule has 0 N–H and O–H groups in total. The zero-order chi connectivity index (χ0) is 11.5. The Bertz CT molecular complexity index is 180. The molecule has 0 aromatic carbocycles. The van der Waals surface area contributed by atoms with Gasteiger partial charge in [-0.25, -0.2) is 0 Å². The van der Waals surface area contributed by atoms with Crippen molar-refractivity contribution in [1.29, 1.82) is 0 Å². The third-order valence-corrected chi connectivity index (χ3v) is 4.85. The van der Waals surface area contributed by atoms with Crippen LogP contribution in [0.3, 0.4) is 0 Å². The molecule has 0 aromatic heterocycles. The summed E-state index contributed by atoms with van der Waals surface area (Å²) in [5.74, 6) is 2.97. The van der Waals surface area contributed by atoms with E-state index in [1.54, 1.807) is 0 Å². The Morgan fingerprint density at radius 3 is 2.27 bits per heavy atom. The molecule has 0 heteroatoms. The molecular formula is C15H30. The van der Waals surface area contributed by atoms with Gasteiger partial charge in [0.1, 0.15) is 0 Å². The van der Waals surface area contributed by atoms with Crippen molar-refractivity contribution in [3.05, 3.63) is 0 Å². The lowest BCUT2D eigenvalue weighted by Crippen LogP contribution is -2.22. The first-order chi connectivity index (χ1) is 7.01. The van der Waals surface area contributed by atoms with Crippen LogP contribution in [0.5, 0.6) is 0 Å². The largest absolute Gasteiger partial charge is 0.0654 e. The van der Waals surface area contributed by atoms with Gasteiger partial charge in [0.25, 0.3) is 0 Å². The molecule has 0 nitrogen and oxygen atoms in total. The summed E-state index contributed by atoms with van der Waals surface area (Å²) < 4.78 is 0. The van der Waals surface area contributed by atoms with E-state index in [0.717, 1.165) is 17.8 Å². The molecule has 0 heterocycles. The molecule has 1 aliphatic rings. The second-order valence-corrected chi connectivity index (χ2v) is 6.41. The first-order valence-electron chi connectivity index (χ1n) is 7.01. The van der Waals surface area contributed by atoms with E-state index in [2.05, 4.69) is 34.6 Å². The van der Waals surface area contributed by atoms with E-state index in [-0.39, 0.29) is 0 Å². The normalized spacial score (nSPS) is 32.2. The van der Waals surface area contributed by atoms with Crippen molar-refractivity contribution in [1.82, 2.24) is 0 Å². The van der Waals surface area contributed by atoms with Crippen LogP contribution < -0.4 is 0 Å². The molecule has 1 saturated carbocycles. The lowest BCUT2D eigenvalue weighted by atomic mass is 9.74. The Labute approximate surface area is 96.8 Å². The molecule has 90 valence electrons. The smallest absolute Gasteiger partial charge is 0.0326 e. The summed E-state index contributed by atoms with van der Waals surface area (Å²) in [5, 5.41) is 0. The maximum Gasteiger partial charge on any atom is -0.0326 e. The lowest BCUT2D eigenvalue weighted by molar-refractivity contribution is 0.186. The quantitative estimate of drug-likeness (QED) is 0.579. The van der Waals surface area contributed by atoms with Crippen LogP contribution in [0, 0.1) is 23.2 Å². The lowest BCUT2D eigenvalue weighted by Gasteiger charge is -2.32. The predicted octanol–water partition coefficient (Wildman–Crippen LogP) is 5.28. The summed E-state index contributed by atoms with van der Waals surface area (Å²) in [6.45, 7) is 12.1. The molecule has 3 atom stereocenters. The van der Waals surface area contributed by atoms with Gasteiger partial charge >= 0.3 is 0 Å². The van der Waals surface area contributed by atoms with Gasteiger partial charge in [-0.15, -0.1) is 0 Å². The van der Waals surface area contributed by atoms with Crippen LogP contribution in [-0.2, 0) is 0 Å². The van der Waals surface area contributed by atoms with Crippen LogP contribution in [0.25, 0.3) is 0 Å². The minimum Gasteiger partial charge on any atom is -0.0654 e. The van der Waals surface area contributed by atoms with Crippen molar-refractivity contribution >= 4 is 0 Å². The zero-order valence-electron chi connectivity index (χ0n) is 11.5. The average molecular weight is 210 g/mol. The van der Waals surface area contributed by atoms with Crippen LogP contribution in [0.1, 0.15) is 73.1 Å². The fourth-order valence-corrected chi connectivity index (χ4v) is 3.38. The second kappa shape index (κ2) is 5.37. The SMILES string of the molecule is CCCCC(C)(C)C1CC(C)C(CC)C1. The van der Waals surface area contributed by atoms with Gasteiger partial charge in [-0.05, 0) is 42.4 Å². The molecule has 1 aliphatic carbocycles. The average Bonchev–Trinajstić information content (AvgIpc) is 2.57. The molecule has 3 unspecified atom stereocenters. The third-order valence-electron chi connectivity index (χ3n) is 4.85. The van der Waals surface area contributed by atoms with E-state index >= 15 is 0 Å². The molecule has 1 fully saturated rings. The van der Waals surface area contributed by atoms with Crippen LogP contribution in [0.4, 0.5) is 0 Å². The molecule has 0 saturated heterocycles. The minimum absolute atomic E-state index is 0.591. The van der Waals surface area contributed by atoms with Crippen molar-refractivity contribution < 1.29 is 0 Å². The van der Waals surface area contributed by atoms with Gasteiger partial charge in [0.15, 0.2) is 0 Å². The van der Waals surface area contributed by atoms with Crippen LogP contribution in [-0.4, -0.2) is 0 Å². The first kappa shape index (κ1) is 13.1. The summed E-state index contributed by atoms with van der Waals surface area (Å²) in [6, 6.07) is 0. The topological polar surface area (TPSA) is 0 Å². The maximum absolute atomic E-state index is 2.50. The van der Waals surface area contributed by atoms with E-state index in [0.29, 0.717) is 5.41 Å². The summed E-state index contributed by atoms with van der Waals surface area (Å²) in [6.07, 6.45) is 8.56. The number of hydrogen-bond donors (Lipinski definition) is 0. The third kappa shape index (κ3) is 3.23. The summed E-state index contributed by atoms with van der Waals surface area (Å²) in [4.78, 5) is 0. The van der Waals surface area contributed by atoms with Crippen molar-refractivity contribution in [2.45, 2.75) is 73.1 Å². The highest BCUT2D eigenvalue weighted by atomic mass is 14.4. The second-order valence-electron chi connectivity index (χ2n) is 6.41. The Balaban J connectivity index is 2.50. The Morgan fingerprint density at radius 1 is 1.13 bits per heavy atom. The maximum atomic E-state index is 2.50. The molecule has 0 bridgehead atoms. The van der Waals surface area contributed by atoms with Gasteiger partial charge in [-0.2, -0.15) is 0 Å². The molecule has 0 amide bonds. The highest BCUT2D eigenvalue weighted by molar-refractivity contribution is 4.88. The first-order valence-corrected chi connectivity index (χ1v) is 7.01. The predicted molar refractivity (Wildman–Crippen MR) is 69.0 cm³/mol. The van der Waals surface area contributed by atoms with E-state index < -0.39 is 0 Å². The zero-order valence-corrected chi connectivity index (χ0v) is 11.5. The van der Waals surface area contributed by atoms with Gasteiger partial charge in [0, 0.05) is 0 Å². The number of hydrogen-bond acceptors (Lipinski definition) is 0. The number of unbranched alkanes of at least 4 members (excludes halogenated alkanes) is 1.